The minimum Gasteiger partial charge on any atom is -0.434 e. The van der Waals surface area contributed by atoms with Gasteiger partial charge in [0, 0.05) is 38.8 Å². The Bertz CT molecular complexity index is 1460. The molecule has 0 aliphatic rings. The highest BCUT2D eigenvalue weighted by Gasteiger charge is 2.18. The maximum atomic E-state index is 12.8. The molecule has 0 radical (unpaired) electrons. The van der Waals surface area contributed by atoms with Gasteiger partial charge in [0.05, 0.1) is 11.1 Å². The fourth-order valence-electron chi connectivity index (χ4n) is 3.90. The van der Waals surface area contributed by atoms with Gasteiger partial charge in [-0.3, -0.25) is 0 Å². The number of anilines is 1. The van der Waals surface area contributed by atoms with Crippen LogP contribution in [0.4, 0.5) is 5.69 Å². The summed E-state index contributed by atoms with van der Waals surface area (Å²) in [5.74, 6) is 0.523. The average molecular weight is 526 g/mol. The number of carbonyl (C=O) groups is 2. The standard InChI is InChI=1S/C32H33N2O5/c1-21-7-9-25(10-8-21)31(35)38-29-15-16-30(23(3)22(29)2)39-32(36)26-11-13-28(14-12-26)37-24(4)34-19-17-27(18-20-34)33(5)6/h7-20,24H,1-6H3/q+1. The first-order chi connectivity index (χ1) is 18.6. The number of carbonyl (C=O) groups excluding carboxylic acids is 2. The van der Waals surface area contributed by atoms with Crippen LogP contribution in [0.2, 0.25) is 0 Å². The maximum Gasteiger partial charge on any atom is 0.343 e. The lowest BCUT2D eigenvalue weighted by Gasteiger charge is -2.14. The van der Waals surface area contributed by atoms with E-state index >= 15 is 0 Å². The Kier molecular flexibility index (Phi) is 8.30. The summed E-state index contributed by atoms with van der Waals surface area (Å²) in [6.45, 7) is 7.55. The number of hydrogen-bond acceptors (Lipinski definition) is 6. The fourth-order valence-corrected chi connectivity index (χ4v) is 3.90. The lowest BCUT2D eigenvalue weighted by atomic mass is 10.1. The molecule has 0 bridgehead atoms. The van der Waals surface area contributed by atoms with Gasteiger partial charge in [-0.2, -0.15) is 4.57 Å². The zero-order valence-electron chi connectivity index (χ0n) is 23.1. The van der Waals surface area contributed by atoms with Gasteiger partial charge in [0.25, 0.3) is 6.23 Å². The van der Waals surface area contributed by atoms with Crippen molar-refractivity contribution in [3.8, 4) is 17.2 Å². The van der Waals surface area contributed by atoms with E-state index in [1.165, 1.54) is 0 Å². The van der Waals surface area contributed by atoms with E-state index in [0.717, 1.165) is 16.8 Å². The molecule has 7 nitrogen and oxygen atoms in total. The highest BCUT2D eigenvalue weighted by Crippen LogP contribution is 2.30. The number of esters is 2. The summed E-state index contributed by atoms with van der Waals surface area (Å²) in [4.78, 5) is 27.4. The van der Waals surface area contributed by atoms with Crippen molar-refractivity contribution in [3.05, 3.63) is 113 Å². The normalized spacial score (nSPS) is 11.4. The molecule has 200 valence electrons. The third kappa shape index (κ3) is 6.62. The zero-order valence-corrected chi connectivity index (χ0v) is 23.1. The first-order valence-corrected chi connectivity index (χ1v) is 12.7. The van der Waals surface area contributed by atoms with Crippen molar-refractivity contribution in [1.82, 2.24) is 0 Å². The minimum absolute atomic E-state index is 0.233. The van der Waals surface area contributed by atoms with Crippen LogP contribution >= 0.6 is 0 Å². The van der Waals surface area contributed by atoms with E-state index in [0.29, 0.717) is 33.9 Å². The van der Waals surface area contributed by atoms with E-state index in [4.69, 9.17) is 14.2 Å². The van der Waals surface area contributed by atoms with Crippen LogP contribution in [-0.4, -0.2) is 26.0 Å². The number of hydrogen-bond donors (Lipinski definition) is 0. The van der Waals surface area contributed by atoms with E-state index in [1.54, 1.807) is 48.5 Å². The van der Waals surface area contributed by atoms with E-state index in [9.17, 15) is 9.59 Å². The third-order valence-corrected chi connectivity index (χ3v) is 6.55. The third-order valence-electron chi connectivity index (χ3n) is 6.55. The number of aromatic nitrogens is 1. The van der Waals surface area contributed by atoms with Crippen LogP contribution in [0.1, 0.15) is 50.6 Å². The van der Waals surface area contributed by atoms with E-state index < -0.39 is 11.9 Å². The summed E-state index contributed by atoms with van der Waals surface area (Å²) >= 11 is 0. The first kappa shape index (κ1) is 27.4. The van der Waals surface area contributed by atoms with Gasteiger partial charge in [-0.1, -0.05) is 17.7 Å². The second kappa shape index (κ2) is 11.8. The van der Waals surface area contributed by atoms with Crippen LogP contribution in [0, 0.1) is 20.8 Å². The van der Waals surface area contributed by atoms with Gasteiger partial charge < -0.3 is 19.1 Å². The van der Waals surface area contributed by atoms with Crippen molar-refractivity contribution in [2.24, 2.45) is 0 Å². The molecule has 0 fully saturated rings. The van der Waals surface area contributed by atoms with Crippen LogP contribution < -0.4 is 23.7 Å². The second-order valence-corrected chi connectivity index (χ2v) is 9.60. The van der Waals surface area contributed by atoms with E-state index in [2.05, 4.69) is 0 Å². The van der Waals surface area contributed by atoms with E-state index in [-0.39, 0.29) is 6.23 Å². The molecule has 39 heavy (non-hydrogen) atoms. The molecule has 0 amide bonds. The van der Waals surface area contributed by atoms with Gasteiger partial charge in [0.15, 0.2) is 12.4 Å². The molecule has 4 aromatic rings. The number of rotatable bonds is 8. The molecule has 1 atom stereocenters. The van der Waals surface area contributed by atoms with Gasteiger partial charge in [0.2, 0.25) is 0 Å². The maximum absolute atomic E-state index is 12.8. The van der Waals surface area contributed by atoms with Crippen molar-refractivity contribution in [2.75, 3.05) is 19.0 Å². The summed E-state index contributed by atoms with van der Waals surface area (Å²) in [5, 5.41) is 0. The molecule has 0 aliphatic carbocycles. The number of ether oxygens (including phenoxy) is 3. The Labute approximate surface area is 229 Å². The molecule has 0 saturated heterocycles. The molecule has 7 heteroatoms. The van der Waals surface area contributed by atoms with Gasteiger partial charge in [0.1, 0.15) is 17.2 Å². The van der Waals surface area contributed by atoms with Crippen LogP contribution in [0.25, 0.3) is 0 Å². The predicted octanol–water partition coefficient (Wildman–Crippen LogP) is 6.00. The summed E-state index contributed by atoms with van der Waals surface area (Å²) < 4.78 is 19.2. The first-order valence-electron chi connectivity index (χ1n) is 12.7. The Morgan fingerprint density at radius 2 is 1.15 bits per heavy atom. The molecule has 1 heterocycles. The van der Waals surface area contributed by atoms with Crippen LogP contribution in [-0.2, 0) is 0 Å². The summed E-state index contributed by atoms with van der Waals surface area (Å²) in [6.07, 6.45) is 3.69. The monoisotopic (exact) mass is 525 g/mol. The SMILES string of the molecule is Cc1ccc(C(=O)Oc2ccc(OC(=O)c3ccc(OC(C)[n+]4ccc(N(C)C)cc4)cc3)c(C)c2C)cc1. The number of benzene rings is 3. The molecular formula is C32H33N2O5+. The Morgan fingerprint density at radius 1 is 0.692 bits per heavy atom. The summed E-state index contributed by atoms with van der Waals surface area (Å²) in [6, 6.07) is 21.3. The smallest absolute Gasteiger partial charge is 0.343 e. The summed E-state index contributed by atoms with van der Waals surface area (Å²) in [7, 11) is 3.99. The molecule has 3 aromatic carbocycles. The quantitative estimate of drug-likeness (QED) is 0.160. The molecule has 4 rings (SSSR count). The van der Waals surface area contributed by atoms with Gasteiger partial charge in [-0.25, -0.2) is 9.59 Å². The Hall–Kier alpha value is -4.65. The van der Waals surface area contributed by atoms with Crippen molar-refractivity contribution >= 4 is 17.6 Å². The van der Waals surface area contributed by atoms with Gasteiger partial charge in [-0.15, -0.1) is 0 Å². The second-order valence-electron chi connectivity index (χ2n) is 9.60. The van der Waals surface area contributed by atoms with Crippen LogP contribution in [0.3, 0.4) is 0 Å². The molecule has 0 saturated carbocycles. The van der Waals surface area contributed by atoms with E-state index in [1.807, 2.05) is 87.9 Å². The van der Waals surface area contributed by atoms with Crippen molar-refractivity contribution in [1.29, 1.82) is 0 Å². The lowest BCUT2D eigenvalue weighted by Crippen LogP contribution is -2.40. The Morgan fingerprint density at radius 3 is 1.62 bits per heavy atom. The zero-order chi connectivity index (χ0) is 28.1. The fraction of sp³-hybridized carbons (Fsp3) is 0.219. The van der Waals surface area contributed by atoms with Crippen molar-refractivity contribution in [2.45, 2.75) is 33.9 Å². The molecular weight excluding hydrogens is 492 g/mol. The molecule has 1 unspecified atom stereocenters. The molecule has 0 N–H and O–H groups in total. The van der Waals surface area contributed by atoms with Crippen molar-refractivity contribution in [3.63, 3.8) is 0 Å². The molecule has 1 aromatic heterocycles. The minimum atomic E-state index is -0.491. The van der Waals surface area contributed by atoms with Gasteiger partial charge in [-0.05, 0) is 80.4 Å². The molecule has 0 spiro atoms. The predicted molar refractivity (Wildman–Crippen MR) is 150 cm³/mol. The molecule has 0 aliphatic heterocycles. The average Bonchev–Trinajstić information content (AvgIpc) is 2.93. The highest BCUT2D eigenvalue weighted by molar-refractivity contribution is 5.92. The van der Waals surface area contributed by atoms with Crippen LogP contribution in [0.5, 0.6) is 17.2 Å². The topological polar surface area (TPSA) is 68.9 Å². The number of nitrogens with zero attached hydrogens (tertiary/aromatic N) is 2. The summed E-state index contributed by atoms with van der Waals surface area (Å²) in [5.41, 5.74) is 4.45. The van der Waals surface area contributed by atoms with Crippen LogP contribution in [0.15, 0.2) is 85.2 Å². The number of aryl methyl sites for hydroxylation is 1. The Balaban J connectivity index is 1.38. The van der Waals surface area contributed by atoms with Crippen molar-refractivity contribution < 1.29 is 28.4 Å². The number of pyridine rings is 1. The highest BCUT2D eigenvalue weighted by atomic mass is 16.5. The lowest BCUT2D eigenvalue weighted by molar-refractivity contribution is -0.749. The van der Waals surface area contributed by atoms with Gasteiger partial charge >= 0.3 is 11.9 Å². The largest absolute Gasteiger partial charge is 0.434 e.